The van der Waals surface area contributed by atoms with Gasteiger partial charge in [-0.1, -0.05) is 18.5 Å². The van der Waals surface area contributed by atoms with Gasteiger partial charge in [0, 0.05) is 12.1 Å². The fraction of sp³-hybridized carbons (Fsp3) is 0.357. The predicted octanol–water partition coefficient (Wildman–Crippen LogP) is 3.03. The Hall–Kier alpha value is -1.73. The van der Waals surface area contributed by atoms with Gasteiger partial charge in [0.2, 0.25) is 5.91 Å². The van der Waals surface area contributed by atoms with Crippen molar-refractivity contribution in [1.29, 1.82) is 0 Å². The summed E-state index contributed by atoms with van der Waals surface area (Å²) in [6.07, 6.45) is 0.678. The minimum atomic E-state index is -0.548. The van der Waals surface area contributed by atoms with Crippen LogP contribution in [0.5, 0.6) is 0 Å². The zero-order valence-electron chi connectivity index (χ0n) is 11.9. The molecule has 0 aliphatic rings. The number of carbonyl (C=O) groups excluding carboxylic acids is 2. The van der Waals surface area contributed by atoms with Crippen LogP contribution < -0.4 is 10.6 Å². The van der Waals surface area contributed by atoms with E-state index in [1.165, 1.54) is 18.2 Å². The van der Waals surface area contributed by atoms with E-state index in [1.807, 2.05) is 6.92 Å². The monoisotopic (exact) mass is 346 g/mol. The highest BCUT2D eigenvalue weighted by Gasteiger charge is 2.10. The molecule has 0 aromatic heterocycles. The number of nitrogens with one attached hydrogen (secondary N) is 2. The number of anilines is 1. The zero-order chi connectivity index (χ0) is 16.5. The molecule has 0 aliphatic carbocycles. The lowest BCUT2D eigenvalue weighted by molar-refractivity contribution is -0.144. The molecule has 0 saturated carbocycles. The molecule has 120 valence electrons. The van der Waals surface area contributed by atoms with Crippen LogP contribution in [-0.2, 0) is 14.3 Å². The number of hydrogen-bond acceptors (Lipinski definition) is 4. The standard InChI is InChI=1S/C14H16ClFN2O3S/c1-2-7-21-13(20)6-5-12(19)18-14(22)17-9-3-4-11(16)10(15)8-9/h3-4,8H,2,5-7H2,1H3,(H2,17,18,19,22). The van der Waals surface area contributed by atoms with Crippen molar-refractivity contribution in [3.63, 3.8) is 0 Å². The summed E-state index contributed by atoms with van der Waals surface area (Å²) in [4.78, 5) is 22.9. The van der Waals surface area contributed by atoms with Gasteiger partial charge in [-0.2, -0.15) is 0 Å². The van der Waals surface area contributed by atoms with Crippen molar-refractivity contribution in [2.45, 2.75) is 26.2 Å². The fourth-order valence-corrected chi connectivity index (χ4v) is 1.84. The first-order valence-electron chi connectivity index (χ1n) is 6.64. The molecule has 0 radical (unpaired) electrons. The minimum Gasteiger partial charge on any atom is -0.466 e. The number of ether oxygens (including phenoxy) is 1. The van der Waals surface area contributed by atoms with Gasteiger partial charge >= 0.3 is 5.97 Å². The Labute approximate surface area is 138 Å². The van der Waals surface area contributed by atoms with Gasteiger partial charge in [0.05, 0.1) is 18.1 Å². The van der Waals surface area contributed by atoms with Crippen LogP contribution in [-0.4, -0.2) is 23.6 Å². The highest BCUT2D eigenvalue weighted by atomic mass is 35.5. The first kappa shape index (κ1) is 18.3. The number of hydrogen-bond donors (Lipinski definition) is 2. The van der Waals surface area contributed by atoms with Crippen molar-refractivity contribution in [1.82, 2.24) is 5.32 Å². The van der Waals surface area contributed by atoms with Crippen molar-refractivity contribution >= 4 is 46.5 Å². The summed E-state index contributed by atoms with van der Waals surface area (Å²) in [6, 6.07) is 3.96. The molecule has 0 bridgehead atoms. The number of thiocarbonyl (C=S) groups is 1. The van der Waals surface area contributed by atoms with E-state index in [0.717, 1.165) is 6.42 Å². The number of benzene rings is 1. The molecule has 0 fully saturated rings. The molecular weight excluding hydrogens is 331 g/mol. The normalized spacial score (nSPS) is 9.95. The maximum Gasteiger partial charge on any atom is 0.306 e. The number of rotatable bonds is 6. The first-order valence-corrected chi connectivity index (χ1v) is 7.42. The Morgan fingerprint density at radius 3 is 2.73 bits per heavy atom. The van der Waals surface area contributed by atoms with E-state index < -0.39 is 17.7 Å². The highest BCUT2D eigenvalue weighted by molar-refractivity contribution is 7.80. The lowest BCUT2D eigenvalue weighted by Crippen LogP contribution is -2.34. The molecule has 1 aromatic carbocycles. The second-order valence-corrected chi connectivity index (χ2v) is 5.17. The second kappa shape index (κ2) is 9.32. The van der Waals surface area contributed by atoms with Crippen LogP contribution >= 0.6 is 23.8 Å². The Bertz CT molecular complexity index is 569. The van der Waals surface area contributed by atoms with Gasteiger partial charge < -0.3 is 15.4 Å². The average molecular weight is 347 g/mol. The summed E-state index contributed by atoms with van der Waals surface area (Å²) in [7, 11) is 0. The first-order chi connectivity index (χ1) is 10.4. The highest BCUT2D eigenvalue weighted by Crippen LogP contribution is 2.19. The fourth-order valence-electron chi connectivity index (χ4n) is 1.43. The molecule has 8 heteroatoms. The van der Waals surface area contributed by atoms with Crippen LogP contribution in [0.25, 0.3) is 0 Å². The molecule has 22 heavy (non-hydrogen) atoms. The lowest BCUT2D eigenvalue weighted by atomic mass is 10.3. The van der Waals surface area contributed by atoms with E-state index in [-0.39, 0.29) is 23.0 Å². The molecule has 1 rings (SSSR count). The van der Waals surface area contributed by atoms with Crippen LogP contribution in [0.4, 0.5) is 10.1 Å². The molecule has 0 spiro atoms. The van der Waals surface area contributed by atoms with Gasteiger partial charge in [0.25, 0.3) is 0 Å². The van der Waals surface area contributed by atoms with E-state index in [9.17, 15) is 14.0 Å². The van der Waals surface area contributed by atoms with Crippen LogP contribution in [0.3, 0.4) is 0 Å². The van der Waals surface area contributed by atoms with Crippen molar-refractivity contribution < 1.29 is 18.7 Å². The number of esters is 1. The third-order valence-electron chi connectivity index (χ3n) is 2.45. The summed E-state index contributed by atoms with van der Waals surface area (Å²) in [5, 5.41) is 5.08. The SMILES string of the molecule is CCCOC(=O)CCC(=O)NC(=S)Nc1ccc(F)c(Cl)c1. The Balaban J connectivity index is 2.36. The number of halogens is 2. The van der Waals surface area contributed by atoms with Gasteiger partial charge in [0.15, 0.2) is 5.11 Å². The van der Waals surface area contributed by atoms with Gasteiger partial charge in [-0.3, -0.25) is 9.59 Å². The lowest BCUT2D eigenvalue weighted by Gasteiger charge is -2.10. The minimum absolute atomic E-state index is 0.0170. The predicted molar refractivity (Wildman–Crippen MR) is 86.3 cm³/mol. The molecule has 0 unspecified atom stereocenters. The summed E-state index contributed by atoms with van der Waals surface area (Å²) in [5.74, 6) is -1.40. The van der Waals surface area contributed by atoms with E-state index in [2.05, 4.69) is 10.6 Å². The smallest absolute Gasteiger partial charge is 0.306 e. The van der Waals surface area contributed by atoms with Crippen LogP contribution in [0.15, 0.2) is 18.2 Å². The van der Waals surface area contributed by atoms with Crippen molar-refractivity contribution in [3.05, 3.63) is 29.0 Å². The maximum absolute atomic E-state index is 13.0. The van der Waals surface area contributed by atoms with E-state index in [0.29, 0.717) is 12.3 Å². The molecule has 2 N–H and O–H groups in total. The summed E-state index contributed by atoms with van der Waals surface area (Å²) < 4.78 is 17.9. The Morgan fingerprint density at radius 1 is 1.36 bits per heavy atom. The van der Waals surface area contributed by atoms with Gasteiger partial charge in [-0.15, -0.1) is 0 Å². The largest absolute Gasteiger partial charge is 0.466 e. The summed E-state index contributed by atoms with van der Waals surface area (Å²) in [6.45, 7) is 2.22. The molecule has 0 atom stereocenters. The molecule has 1 amide bonds. The summed E-state index contributed by atoms with van der Waals surface area (Å²) >= 11 is 10.6. The molecule has 0 aliphatic heterocycles. The molecule has 0 heterocycles. The van der Waals surface area contributed by atoms with Crippen molar-refractivity contribution in [3.8, 4) is 0 Å². The van der Waals surface area contributed by atoms with E-state index in [1.54, 1.807) is 0 Å². The van der Waals surface area contributed by atoms with Crippen molar-refractivity contribution in [2.24, 2.45) is 0 Å². The third kappa shape index (κ3) is 6.82. The van der Waals surface area contributed by atoms with Crippen molar-refractivity contribution in [2.75, 3.05) is 11.9 Å². The van der Waals surface area contributed by atoms with Crippen LogP contribution in [0.2, 0.25) is 5.02 Å². The zero-order valence-corrected chi connectivity index (χ0v) is 13.5. The maximum atomic E-state index is 13.0. The molecular formula is C14H16ClFN2O3S. The molecule has 5 nitrogen and oxygen atoms in total. The van der Waals surface area contributed by atoms with Gasteiger partial charge in [0.1, 0.15) is 5.82 Å². The Morgan fingerprint density at radius 2 is 2.09 bits per heavy atom. The molecule has 0 saturated heterocycles. The topological polar surface area (TPSA) is 67.4 Å². The number of carbonyl (C=O) groups is 2. The van der Waals surface area contributed by atoms with E-state index in [4.69, 9.17) is 28.6 Å². The van der Waals surface area contributed by atoms with E-state index >= 15 is 0 Å². The van der Waals surface area contributed by atoms with Gasteiger partial charge in [-0.25, -0.2) is 4.39 Å². The van der Waals surface area contributed by atoms with Crippen LogP contribution in [0.1, 0.15) is 26.2 Å². The van der Waals surface area contributed by atoms with Crippen LogP contribution in [0, 0.1) is 5.82 Å². The Kier molecular flexibility index (Phi) is 7.76. The third-order valence-corrected chi connectivity index (χ3v) is 2.95. The second-order valence-electron chi connectivity index (χ2n) is 4.35. The molecule has 1 aromatic rings. The quantitative estimate of drug-likeness (QED) is 0.612. The average Bonchev–Trinajstić information content (AvgIpc) is 2.46. The van der Waals surface area contributed by atoms with Gasteiger partial charge in [-0.05, 0) is 36.8 Å². The number of amides is 1. The summed E-state index contributed by atoms with van der Waals surface area (Å²) in [5.41, 5.74) is 0.444.